The molecule has 1 aromatic rings. The van der Waals surface area contributed by atoms with Crippen molar-refractivity contribution in [1.29, 1.82) is 0 Å². The molecular weight excluding hydrogens is 317 g/mol. The third-order valence-electron chi connectivity index (χ3n) is 5.01. The highest BCUT2D eigenvalue weighted by Crippen LogP contribution is 2.47. The standard InChI is InChI=1S/C17H24FNO3S/c1-23(20,21)15-3-2-13(17(18)9-15)10-22-11-14-8-16(14)12-4-6-19-7-5-12/h2-3,9,12,14,16,19H,4-8,10-11H2,1H3. The Morgan fingerprint density at radius 3 is 2.70 bits per heavy atom. The summed E-state index contributed by atoms with van der Waals surface area (Å²) in [5, 5.41) is 3.38. The number of hydrogen-bond acceptors (Lipinski definition) is 4. The zero-order valence-electron chi connectivity index (χ0n) is 13.4. The molecule has 2 fully saturated rings. The van der Waals surface area contributed by atoms with Crippen molar-refractivity contribution in [3.8, 4) is 0 Å². The number of ether oxygens (including phenoxy) is 1. The van der Waals surface area contributed by atoms with Gasteiger partial charge in [-0.05, 0) is 62.2 Å². The molecule has 1 saturated heterocycles. The van der Waals surface area contributed by atoms with Gasteiger partial charge < -0.3 is 10.1 Å². The van der Waals surface area contributed by atoms with Gasteiger partial charge in [-0.25, -0.2) is 12.8 Å². The molecular formula is C17H24FNO3S. The van der Waals surface area contributed by atoms with E-state index in [1.165, 1.54) is 31.4 Å². The first-order chi connectivity index (χ1) is 10.9. The molecule has 1 aliphatic carbocycles. The maximum atomic E-state index is 13.9. The van der Waals surface area contributed by atoms with Gasteiger partial charge in [0, 0.05) is 11.8 Å². The minimum Gasteiger partial charge on any atom is -0.376 e. The van der Waals surface area contributed by atoms with Crippen molar-refractivity contribution in [1.82, 2.24) is 5.32 Å². The lowest BCUT2D eigenvalue weighted by atomic mass is 9.92. The average molecular weight is 341 g/mol. The first-order valence-corrected chi connectivity index (χ1v) is 10.1. The van der Waals surface area contributed by atoms with Gasteiger partial charge in [-0.1, -0.05) is 6.07 Å². The maximum absolute atomic E-state index is 13.9. The smallest absolute Gasteiger partial charge is 0.175 e. The third-order valence-corrected chi connectivity index (χ3v) is 6.12. The van der Waals surface area contributed by atoms with E-state index in [4.69, 9.17) is 4.74 Å². The Morgan fingerprint density at radius 2 is 2.04 bits per heavy atom. The van der Waals surface area contributed by atoms with E-state index in [9.17, 15) is 12.8 Å². The molecule has 128 valence electrons. The minimum absolute atomic E-state index is 0.00640. The van der Waals surface area contributed by atoms with E-state index in [1.54, 1.807) is 0 Å². The van der Waals surface area contributed by atoms with Crippen molar-refractivity contribution in [2.45, 2.75) is 30.8 Å². The molecule has 2 aliphatic rings. The summed E-state index contributed by atoms with van der Waals surface area (Å²) in [6.07, 6.45) is 4.80. The van der Waals surface area contributed by atoms with Crippen molar-refractivity contribution < 1.29 is 17.5 Å². The van der Waals surface area contributed by atoms with Crippen LogP contribution in [-0.4, -0.2) is 34.4 Å². The maximum Gasteiger partial charge on any atom is 0.175 e. The molecule has 6 heteroatoms. The van der Waals surface area contributed by atoms with Gasteiger partial charge in [0.1, 0.15) is 5.82 Å². The van der Waals surface area contributed by atoms with Crippen LogP contribution in [0.15, 0.2) is 23.1 Å². The fourth-order valence-electron chi connectivity index (χ4n) is 3.51. The normalized spacial score (nSPS) is 25.5. The van der Waals surface area contributed by atoms with Gasteiger partial charge in [-0.2, -0.15) is 0 Å². The van der Waals surface area contributed by atoms with Crippen LogP contribution in [0.2, 0.25) is 0 Å². The molecule has 1 aliphatic heterocycles. The Bertz CT molecular complexity index is 656. The Morgan fingerprint density at radius 1 is 1.30 bits per heavy atom. The average Bonchev–Trinajstić information content (AvgIpc) is 3.28. The Balaban J connectivity index is 1.46. The van der Waals surface area contributed by atoms with Crippen molar-refractivity contribution in [2.75, 3.05) is 26.0 Å². The molecule has 4 nitrogen and oxygen atoms in total. The lowest BCUT2D eigenvalue weighted by molar-refractivity contribution is 0.102. The summed E-state index contributed by atoms with van der Waals surface area (Å²) in [6, 6.07) is 4.01. The lowest BCUT2D eigenvalue weighted by Crippen LogP contribution is -2.29. The van der Waals surface area contributed by atoms with Crippen LogP contribution < -0.4 is 5.32 Å². The van der Waals surface area contributed by atoms with Gasteiger partial charge in [-0.3, -0.25) is 0 Å². The highest BCUT2D eigenvalue weighted by Gasteiger charge is 2.42. The zero-order valence-corrected chi connectivity index (χ0v) is 14.2. The van der Waals surface area contributed by atoms with Crippen LogP contribution in [0.4, 0.5) is 4.39 Å². The molecule has 1 saturated carbocycles. The molecule has 3 rings (SSSR count). The van der Waals surface area contributed by atoms with Gasteiger partial charge >= 0.3 is 0 Å². The number of benzene rings is 1. The highest BCUT2D eigenvalue weighted by molar-refractivity contribution is 7.90. The van der Waals surface area contributed by atoms with E-state index in [0.29, 0.717) is 18.1 Å². The van der Waals surface area contributed by atoms with Crippen molar-refractivity contribution in [3.05, 3.63) is 29.6 Å². The van der Waals surface area contributed by atoms with Crippen LogP contribution in [0.3, 0.4) is 0 Å². The van der Waals surface area contributed by atoms with Gasteiger partial charge in [-0.15, -0.1) is 0 Å². The van der Waals surface area contributed by atoms with Crippen LogP contribution >= 0.6 is 0 Å². The molecule has 1 heterocycles. The molecule has 0 radical (unpaired) electrons. The van der Waals surface area contributed by atoms with E-state index in [0.717, 1.165) is 37.2 Å². The molecule has 0 spiro atoms. The first-order valence-electron chi connectivity index (χ1n) is 8.22. The Kier molecular flexibility index (Phi) is 5.04. The van der Waals surface area contributed by atoms with E-state index >= 15 is 0 Å². The molecule has 1 N–H and O–H groups in total. The number of halogens is 1. The summed E-state index contributed by atoms with van der Waals surface area (Å²) in [5.41, 5.74) is 0.413. The van der Waals surface area contributed by atoms with E-state index in [-0.39, 0.29) is 11.5 Å². The van der Waals surface area contributed by atoms with Crippen LogP contribution in [0.1, 0.15) is 24.8 Å². The second kappa shape index (κ2) is 6.87. The van der Waals surface area contributed by atoms with Gasteiger partial charge in [0.25, 0.3) is 0 Å². The summed E-state index contributed by atoms with van der Waals surface area (Å²) in [5.74, 6) is 1.68. The molecule has 2 unspecified atom stereocenters. The minimum atomic E-state index is -3.37. The second-order valence-electron chi connectivity index (χ2n) is 6.79. The van der Waals surface area contributed by atoms with E-state index < -0.39 is 15.7 Å². The van der Waals surface area contributed by atoms with Gasteiger partial charge in [0.15, 0.2) is 9.84 Å². The summed E-state index contributed by atoms with van der Waals surface area (Å²) in [7, 11) is -3.37. The number of rotatable bonds is 6. The number of sulfone groups is 1. The molecule has 0 aromatic heterocycles. The Hall–Kier alpha value is -0.980. The molecule has 2 atom stereocenters. The largest absolute Gasteiger partial charge is 0.376 e. The Labute approximate surface area is 137 Å². The molecule has 1 aromatic carbocycles. The quantitative estimate of drug-likeness (QED) is 0.863. The lowest BCUT2D eigenvalue weighted by Gasteiger charge is -2.22. The van der Waals surface area contributed by atoms with Crippen molar-refractivity contribution in [2.24, 2.45) is 17.8 Å². The summed E-state index contributed by atoms with van der Waals surface area (Å²) < 4.78 is 42.4. The molecule has 23 heavy (non-hydrogen) atoms. The van der Waals surface area contributed by atoms with Crippen LogP contribution in [0.25, 0.3) is 0 Å². The third kappa shape index (κ3) is 4.31. The molecule has 0 amide bonds. The summed E-state index contributed by atoms with van der Waals surface area (Å²) in [6.45, 7) is 3.10. The fraction of sp³-hybridized carbons (Fsp3) is 0.647. The number of nitrogens with one attached hydrogen (secondary N) is 1. The predicted octanol–water partition coefficient (Wildman–Crippen LogP) is 2.38. The first kappa shape index (κ1) is 16.9. The van der Waals surface area contributed by atoms with E-state index in [1.807, 2.05) is 0 Å². The number of piperidine rings is 1. The van der Waals surface area contributed by atoms with E-state index in [2.05, 4.69) is 5.32 Å². The fourth-order valence-corrected chi connectivity index (χ4v) is 4.14. The van der Waals surface area contributed by atoms with Crippen LogP contribution in [-0.2, 0) is 21.2 Å². The monoisotopic (exact) mass is 341 g/mol. The highest BCUT2D eigenvalue weighted by atomic mass is 32.2. The summed E-state index contributed by atoms with van der Waals surface area (Å²) in [4.78, 5) is 0.00640. The predicted molar refractivity (Wildman–Crippen MR) is 86.4 cm³/mol. The van der Waals surface area contributed by atoms with Crippen molar-refractivity contribution in [3.63, 3.8) is 0 Å². The summed E-state index contributed by atoms with van der Waals surface area (Å²) >= 11 is 0. The van der Waals surface area contributed by atoms with Crippen LogP contribution in [0, 0.1) is 23.6 Å². The zero-order chi connectivity index (χ0) is 16.4. The SMILES string of the molecule is CS(=O)(=O)c1ccc(COCC2CC2C2CCNCC2)c(F)c1. The van der Waals surface area contributed by atoms with Gasteiger partial charge in [0.2, 0.25) is 0 Å². The topological polar surface area (TPSA) is 55.4 Å². The van der Waals surface area contributed by atoms with Gasteiger partial charge in [0.05, 0.1) is 18.1 Å². The number of hydrogen-bond donors (Lipinski definition) is 1. The van der Waals surface area contributed by atoms with Crippen molar-refractivity contribution >= 4 is 9.84 Å². The van der Waals surface area contributed by atoms with Crippen LogP contribution in [0.5, 0.6) is 0 Å². The second-order valence-corrected chi connectivity index (χ2v) is 8.80. The molecule has 0 bridgehead atoms.